The molecule has 1 aromatic rings. The first-order valence-electron chi connectivity index (χ1n) is 4.34. The maximum absolute atomic E-state index is 11.5. The first-order valence-corrected chi connectivity index (χ1v) is 5.16. The molecule has 0 bridgehead atoms. The van der Waals surface area contributed by atoms with Crippen LogP contribution in [0.2, 0.25) is 0 Å². The van der Waals surface area contributed by atoms with Crippen LogP contribution in [0.4, 0.5) is 0 Å². The van der Waals surface area contributed by atoms with Gasteiger partial charge in [-0.3, -0.25) is 0 Å². The van der Waals surface area contributed by atoms with E-state index in [1.165, 1.54) is 7.11 Å². The fourth-order valence-electron chi connectivity index (χ4n) is 1.47. The molecule has 3 nitrogen and oxygen atoms in total. The molecule has 0 aliphatic carbocycles. The second-order valence-corrected chi connectivity index (χ2v) is 4.98. The lowest BCUT2D eigenvalue weighted by atomic mass is 9.94. The van der Waals surface area contributed by atoms with E-state index in [1.807, 2.05) is 19.9 Å². The van der Waals surface area contributed by atoms with Crippen molar-refractivity contribution in [3.8, 4) is 0 Å². The second kappa shape index (κ2) is 3.71. The summed E-state index contributed by atoms with van der Waals surface area (Å²) in [5.41, 5.74) is 5.75. The van der Waals surface area contributed by atoms with Crippen molar-refractivity contribution in [3.05, 3.63) is 21.4 Å². The molecule has 0 fully saturated rings. The average Bonchev–Trinajstić information content (AvgIpc) is 2.44. The normalized spacial score (nSPS) is 14.9. The van der Waals surface area contributed by atoms with Gasteiger partial charge < -0.3 is 10.5 Å². The van der Waals surface area contributed by atoms with E-state index in [0.29, 0.717) is 0 Å². The highest BCUT2D eigenvalue weighted by atomic mass is 32.1. The van der Waals surface area contributed by atoms with Crippen molar-refractivity contribution >= 4 is 17.3 Å². The smallest absolute Gasteiger partial charge is 0.330 e. The van der Waals surface area contributed by atoms with Crippen molar-refractivity contribution in [2.45, 2.75) is 26.3 Å². The molecular weight excluding hydrogens is 198 g/mol. The van der Waals surface area contributed by atoms with Crippen LogP contribution in [-0.4, -0.2) is 13.1 Å². The minimum Gasteiger partial charge on any atom is -0.467 e. The van der Waals surface area contributed by atoms with Crippen LogP contribution < -0.4 is 5.73 Å². The first-order chi connectivity index (χ1) is 6.39. The first kappa shape index (κ1) is 11.2. The van der Waals surface area contributed by atoms with E-state index in [9.17, 15) is 4.79 Å². The van der Waals surface area contributed by atoms with E-state index >= 15 is 0 Å². The van der Waals surface area contributed by atoms with Gasteiger partial charge in [0.1, 0.15) is 5.54 Å². The van der Waals surface area contributed by atoms with Crippen molar-refractivity contribution < 1.29 is 9.53 Å². The Kier molecular flexibility index (Phi) is 2.97. The number of aryl methyl sites for hydroxylation is 2. The van der Waals surface area contributed by atoms with Crippen molar-refractivity contribution in [2.75, 3.05) is 7.11 Å². The molecule has 0 amide bonds. The summed E-state index contributed by atoms with van der Waals surface area (Å²) in [6.45, 7) is 5.63. The molecule has 78 valence electrons. The van der Waals surface area contributed by atoms with Crippen LogP contribution >= 0.6 is 11.3 Å². The molecule has 0 aliphatic rings. The fraction of sp³-hybridized carbons (Fsp3) is 0.500. The molecule has 2 N–H and O–H groups in total. The van der Waals surface area contributed by atoms with Gasteiger partial charge in [-0.1, -0.05) is 0 Å². The van der Waals surface area contributed by atoms with Crippen LogP contribution in [0.15, 0.2) is 6.07 Å². The summed E-state index contributed by atoms with van der Waals surface area (Å²) in [5.74, 6) is -0.404. The summed E-state index contributed by atoms with van der Waals surface area (Å²) in [5, 5.41) is 0. The monoisotopic (exact) mass is 213 g/mol. The molecule has 0 unspecified atom stereocenters. The van der Waals surface area contributed by atoms with Crippen LogP contribution in [0.25, 0.3) is 0 Å². The lowest BCUT2D eigenvalue weighted by Gasteiger charge is -2.21. The Bertz CT molecular complexity index is 355. The van der Waals surface area contributed by atoms with Crippen LogP contribution in [0.3, 0.4) is 0 Å². The number of rotatable bonds is 2. The third kappa shape index (κ3) is 1.81. The largest absolute Gasteiger partial charge is 0.467 e. The summed E-state index contributed by atoms with van der Waals surface area (Å²) in [6.07, 6.45) is 0. The molecule has 14 heavy (non-hydrogen) atoms. The Balaban J connectivity index is 3.15. The Morgan fingerprint density at radius 1 is 1.57 bits per heavy atom. The molecule has 1 aromatic heterocycles. The Labute approximate surface area is 87.9 Å². The van der Waals surface area contributed by atoms with Gasteiger partial charge in [0.15, 0.2) is 0 Å². The number of thiophene rings is 1. The zero-order chi connectivity index (χ0) is 10.9. The van der Waals surface area contributed by atoms with Gasteiger partial charge in [0.2, 0.25) is 0 Å². The summed E-state index contributed by atoms with van der Waals surface area (Å²) in [6, 6.07) is 1.94. The minimum absolute atomic E-state index is 0.404. The van der Waals surface area contributed by atoms with Crippen molar-refractivity contribution in [3.63, 3.8) is 0 Å². The van der Waals surface area contributed by atoms with E-state index in [0.717, 1.165) is 15.3 Å². The summed E-state index contributed by atoms with van der Waals surface area (Å²) in [4.78, 5) is 13.7. The average molecular weight is 213 g/mol. The van der Waals surface area contributed by atoms with E-state index in [4.69, 9.17) is 5.73 Å². The Morgan fingerprint density at radius 2 is 2.14 bits per heavy atom. The van der Waals surface area contributed by atoms with Crippen LogP contribution in [0.5, 0.6) is 0 Å². The van der Waals surface area contributed by atoms with Gasteiger partial charge in [-0.05, 0) is 32.4 Å². The highest BCUT2D eigenvalue weighted by Crippen LogP contribution is 2.29. The third-order valence-corrected chi connectivity index (χ3v) is 3.18. The molecule has 0 aliphatic heterocycles. The molecule has 4 heteroatoms. The Morgan fingerprint density at radius 3 is 2.50 bits per heavy atom. The molecule has 0 saturated carbocycles. The number of carbonyl (C=O) groups excluding carboxylic acids is 1. The van der Waals surface area contributed by atoms with Gasteiger partial charge >= 0.3 is 5.97 Å². The number of hydrogen-bond acceptors (Lipinski definition) is 4. The van der Waals surface area contributed by atoms with E-state index < -0.39 is 11.5 Å². The molecule has 1 atom stereocenters. The predicted molar refractivity (Wildman–Crippen MR) is 57.3 cm³/mol. The van der Waals surface area contributed by atoms with Crippen molar-refractivity contribution in [1.29, 1.82) is 0 Å². The quantitative estimate of drug-likeness (QED) is 0.761. The predicted octanol–water partition coefficient (Wildman–Crippen LogP) is 1.71. The van der Waals surface area contributed by atoms with E-state index in [-0.39, 0.29) is 0 Å². The lowest BCUT2D eigenvalue weighted by Crippen LogP contribution is -2.42. The summed E-state index contributed by atoms with van der Waals surface area (Å²) >= 11 is 1.64. The third-order valence-electron chi connectivity index (χ3n) is 2.21. The molecule has 1 rings (SSSR count). The molecule has 0 saturated heterocycles. The maximum atomic E-state index is 11.5. The molecule has 1 heterocycles. The summed E-state index contributed by atoms with van der Waals surface area (Å²) < 4.78 is 4.67. The Hall–Kier alpha value is -0.870. The van der Waals surface area contributed by atoms with Gasteiger partial charge in [-0.25, -0.2) is 4.79 Å². The number of carbonyl (C=O) groups is 1. The van der Waals surface area contributed by atoms with Gasteiger partial charge in [0.05, 0.1) is 7.11 Å². The van der Waals surface area contributed by atoms with Gasteiger partial charge in [-0.2, -0.15) is 0 Å². The van der Waals surface area contributed by atoms with Crippen LogP contribution in [-0.2, 0) is 15.1 Å². The molecule has 0 aromatic carbocycles. The van der Waals surface area contributed by atoms with Crippen LogP contribution in [0.1, 0.15) is 22.2 Å². The number of hydrogen-bond donors (Lipinski definition) is 1. The fourth-order valence-corrected chi connectivity index (χ4v) is 2.51. The van der Waals surface area contributed by atoms with Crippen molar-refractivity contribution in [2.24, 2.45) is 5.73 Å². The van der Waals surface area contributed by atoms with E-state index in [2.05, 4.69) is 4.74 Å². The van der Waals surface area contributed by atoms with Gasteiger partial charge in [-0.15, -0.1) is 11.3 Å². The maximum Gasteiger partial charge on any atom is 0.330 e. The zero-order valence-corrected chi connectivity index (χ0v) is 9.70. The molecule has 0 spiro atoms. The van der Waals surface area contributed by atoms with Gasteiger partial charge in [0.25, 0.3) is 0 Å². The number of ether oxygens (including phenoxy) is 1. The zero-order valence-electron chi connectivity index (χ0n) is 8.88. The SMILES string of the molecule is COC(=O)[C@](C)(N)c1cc(C)sc1C. The topological polar surface area (TPSA) is 52.3 Å². The standard InChI is InChI=1S/C10H15NO2S/c1-6-5-8(7(2)14-6)10(3,11)9(12)13-4/h5H,11H2,1-4H3/t10-/m1/s1. The van der Waals surface area contributed by atoms with Gasteiger partial charge in [0, 0.05) is 9.75 Å². The number of methoxy groups -OCH3 is 1. The van der Waals surface area contributed by atoms with Crippen LogP contribution in [0, 0.1) is 13.8 Å². The lowest BCUT2D eigenvalue weighted by molar-refractivity contribution is -0.146. The summed E-state index contributed by atoms with van der Waals surface area (Å²) in [7, 11) is 1.35. The highest BCUT2D eigenvalue weighted by Gasteiger charge is 2.33. The van der Waals surface area contributed by atoms with Crippen molar-refractivity contribution in [1.82, 2.24) is 0 Å². The van der Waals surface area contributed by atoms with E-state index in [1.54, 1.807) is 18.3 Å². The molecule has 0 radical (unpaired) electrons. The number of esters is 1. The second-order valence-electron chi connectivity index (χ2n) is 3.52. The number of nitrogens with two attached hydrogens (primary N) is 1. The highest BCUT2D eigenvalue weighted by molar-refractivity contribution is 7.12. The minimum atomic E-state index is -1.04. The molecular formula is C10H15NO2S.